The lowest BCUT2D eigenvalue weighted by Crippen LogP contribution is -2.39. The lowest BCUT2D eigenvalue weighted by Gasteiger charge is -2.36. The number of fused-ring (bicyclic) bond motifs is 2. The molecule has 61 heavy (non-hydrogen) atoms. The number of carbonyl (C=O) groups is 2. The van der Waals surface area contributed by atoms with Crippen molar-refractivity contribution < 1.29 is 9.59 Å². The highest BCUT2D eigenvalue weighted by Crippen LogP contribution is 2.44. The van der Waals surface area contributed by atoms with Gasteiger partial charge in [-0.15, -0.1) is 5.10 Å². The highest BCUT2D eigenvalue weighted by molar-refractivity contribution is 6.21. The number of imidazole rings is 1. The molecule has 0 unspecified atom stereocenters. The van der Waals surface area contributed by atoms with Crippen molar-refractivity contribution in [2.45, 2.75) is 64.0 Å². The highest BCUT2D eigenvalue weighted by atomic mass is 16.2. The van der Waals surface area contributed by atoms with Crippen molar-refractivity contribution in [3.63, 3.8) is 0 Å². The maximum atomic E-state index is 13.6. The number of benzene rings is 5. The summed E-state index contributed by atoms with van der Waals surface area (Å²) in [5, 5.41) is 13.9. The van der Waals surface area contributed by atoms with Gasteiger partial charge in [0.15, 0.2) is 11.5 Å². The monoisotopic (exact) mass is 802 g/mol. The van der Waals surface area contributed by atoms with E-state index in [-0.39, 0.29) is 23.7 Å². The molecule has 2 aliphatic rings. The van der Waals surface area contributed by atoms with Crippen molar-refractivity contribution >= 4 is 28.8 Å². The van der Waals surface area contributed by atoms with E-state index in [9.17, 15) is 9.59 Å². The number of carbonyl (C=O) groups excluding carboxylic acids is 2. The number of imide groups is 1. The standard InChI is InChI=1S/C51H46N8O2/c1-2-3-27-45-52-44-32-33-46(58-49(60)42-25-15-16-26-43(42)50(58)61)53-48(44)57(45)34-35-28-30-36(31-29-35)40-23-13-14-24-41(40)47-54-55-56-59(47)51(37-17-7-4-8-18-37,38-19-9-5-10-20-38)39-21-11-6-12-22-39/h4-14,17-24,28-33,42-43H,2-3,15-16,25-27,34H2,1H3/t42-,43+. The van der Waals surface area contributed by atoms with Gasteiger partial charge in [-0.1, -0.05) is 166 Å². The summed E-state index contributed by atoms with van der Waals surface area (Å²) in [6.45, 7) is 2.71. The molecule has 1 aliphatic heterocycles. The first-order valence-corrected chi connectivity index (χ1v) is 21.4. The number of aryl methyl sites for hydroxylation is 1. The quantitative estimate of drug-likeness (QED) is 0.0894. The number of rotatable bonds is 12. The summed E-state index contributed by atoms with van der Waals surface area (Å²) in [6, 6.07) is 51.8. The smallest absolute Gasteiger partial charge is 0.238 e. The molecule has 10 heteroatoms. The Balaban J connectivity index is 1.03. The number of anilines is 1. The highest BCUT2D eigenvalue weighted by Gasteiger charge is 2.49. The molecule has 1 saturated carbocycles. The molecule has 1 saturated heterocycles. The van der Waals surface area contributed by atoms with Crippen molar-refractivity contribution in [3.8, 4) is 22.5 Å². The van der Waals surface area contributed by atoms with Gasteiger partial charge in [0.25, 0.3) is 0 Å². The van der Waals surface area contributed by atoms with Gasteiger partial charge >= 0.3 is 0 Å². The molecular weight excluding hydrogens is 757 g/mol. The number of hydrogen-bond acceptors (Lipinski definition) is 7. The number of unbranched alkanes of at least 4 members (excludes halogenated alkanes) is 1. The van der Waals surface area contributed by atoms with Crippen LogP contribution in [0.1, 0.15) is 73.5 Å². The van der Waals surface area contributed by atoms with Crippen LogP contribution in [0.25, 0.3) is 33.7 Å². The predicted octanol–water partition coefficient (Wildman–Crippen LogP) is 9.66. The van der Waals surface area contributed by atoms with Crippen LogP contribution >= 0.6 is 0 Å². The van der Waals surface area contributed by atoms with Gasteiger partial charge in [-0.05, 0) is 75.2 Å². The second-order valence-corrected chi connectivity index (χ2v) is 16.2. The van der Waals surface area contributed by atoms with E-state index < -0.39 is 5.54 Å². The topological polar surface area (TPSA) is 112 Å². The first-order chi connectivity index (χ1) is 30.1. The molecule has 2 fully saturated rings. The minimum Gasteiger partial charge on any atom is -0.308 e. The Morgan fingerprint density at radius 1 is 0.639 bits per heavy atom. The summed E-state index contributed by atoms with van der Waals surface area (Å²) < 4.78 is 4.13. The minimum atomic E-state index is -0.885. The van der Waals surface area contributed by atoms with E-state index in [4.69, 9.17) is 20.3 Å². The lowest BCUT2D eigenvalue weighted by molar-refractivity contribution is -0.122. The van der Waals surface area contributed by atoms with E-state index in [0.717, 1.165) is 95.2 Å². The van der Waals surface area contributed by atoms with Gasteiger partial charge in [0.05, 0.1) is 18.4 Å². The van der Waals surface area contributed by atoms with Crippen LogP contribution in [0.5, 0.6) is 0 Å². The number of nitrogens with zero attached hydrogens (tertiary/aromatic N) is 8. The summed E-state index contributed by atoms with van der Waals surface area (Å²) in [4.78, 5) is 38.5. The Labute approximate surface area is 354 Å². The molecular formula is C51H46N8O2. The van der Waals surface area contributed by atoms with Crippen molar-refractivity contribution in [2.75, 3.05) is 4.90 Å². The summed E-state index contributed by atoms with van der Waals surface area (Å²) in [7, 11) is 0. The van der Waals surface area contributed by atoms with Gasteiger partial charge in [0, 0.05) is 12.0 Å². The molecule has 8 aromatic rings. The van der Waals surface area contributed by atoms with Gasteiger partial charge in [0.1, 0.15) is 22.7 Å². The van der Waals surface area contributed by atoms with Gasteiger partial charge < -0.3 is 4.57 Å². The third-order valence-corrected chi connectivity index (χ3v) is 12.6. The summed E-state index contributed by atoms with van der Waals surface area (Å²) in [5.74, 6) is 1.26. The van der Waals surface area contributed by atoms with Gasteiger partial charge in [-0.25, -0.2) is 19.5 Å². The average Bonchev–Trinajstić information content (AvgIpc) is 4.01. The number of tetrazole rings is 1. The fourth-order valence-electron chi connectivity index (χ4n) is 9.63. The second-order valence-electron chi connectivity index (χ2n) is 16.2. The largest absolute Gasteiger partial charge is 0.308 e. The first kappa shape index (κ1) is 38.2. The maximum Gasteiger partial charge on any atom is 0.238 e. The third kappa shape index (κ3) is 6.63. The summed E-state index contributed by atoms with van der Waals surface area (Å²) in [6.07, 6.45) is 6.30. The Hall–Kier alpha value is -7.07. The zero-order chi connectivity index (χ0) is 41.3. The van der Waals surface area contributed by atoms with Crippen LogP contribution in [0.2, 0.25) is 0 Å². The molecule has 0 radical (unpaired) electrons. The molecule has 2 amide bonds. The molecule has 4 heterocycles. The minimum absolute atomic E-state index is 0.116. The number of hydrogen-bond donors (Lipinski definition) is 0. The van der Waals surface area contributed by atoms with Crippen LogP contribution in [0.3, 0.4) is 0 Å². The van der Waals surface area contributed by atoms with Crippen LogP contribution in [-0.2, 0) is 28.1 Å². The zero-order valence-corrected chi connectivity index (χ0v) is 34.1. The van der Waals surface area contributed by atoms with Crippen LogP contribution in [0.15, 0.2) is 152 Å². The zero-order valence-electron chi connectivity index (χ0n) is 34.1. The third-order valence-electron chi connectivity index (χ3n) is 12.6. The van der Waals surface area contributed by atoms with E-state index in [2.05, 4.69) is 126 Å². The number of amides is 2. The van der Waals surface area contributed by atoms with Crippen LogP contribution < -0.4 is 4.90 Å². The summed E-state index contributed by atoms with van der Waals surface area (Å²) in [5.41, 5.74) is 7.65. The molecule has 0 bridgehead atoms. The Morgan fingerprint density at radius 3 is 1.80 bits per heavy atom. The SMILES string of the molecule is CCCCc1nc2ccc(N3C(=O)[C@H]4CCCC[C@H]4C3=O)nc2n1Cc1ccc(-c2ccccc2-c2nnnn2C(c2ccccc2)(c2ccccc2)c2ccccc2)cc1. The van der Waals surface area contributed by atoms with Crippen molar-refractivity contribution in [2.24, 2.45) is 11.8 Å². The molecule has 2 atom stereocenters. The molecule has 1 aliphatic carbocycles. The Morgan fingerprint density at radius 2 is 1.21 bits per heavy atom. The number of aromatic nitrogens is 7. The van der Waals surface area contributed by atoms with E-state index in [1.165, 1.54) is 4.90 Å². The fraction of sp³-hybridized carbons (Fsp3) is 0.235. The van der Waals surface area contributed by atoms with E-state index in [0.29, 0.717) is 23.8 Å². The predicted molar refractivity (Wildman–Crippen MR) is 236 cm³/mol. The number of pyridine rings is 1. The van der Waals surface area contributed by atoms with Gasteiger partial charge in [-0.2, -0.15) is 0 Å². The second kappa shape index (κ2) is 16.2. The van der Waals surface area contributed by atoms with Gasteiger partial charge in [0.2, 0.25) is 11.8 Å². The molecule has 0 N–H and O–H groups in total. The summed E-state index contributed by atoms with van der Waals surface area (Å²) >= 11 is 0. The van der Waals surface area contributed by atoms with E-state index in [1.807, 2.05) is 41.1 Å². The average molecular weight is 803 g/mol. The van der Waals surface area contributed by atoms with Crippen molar-refractivity contribution in [1.82, 2.24) is 34.7 Å². The van der Waals surface area contributed by atoms with Crippen LogP contribution in [0.4, 0.5) is 5.82 Å². The Kier molecular flexibility index (Phi) is 10.1. The Bertz CT molecular complexity index is 2710. The molecule has 10 rings (SSSR count). The lowest BCUT2D eigenvalue weighted by atomic mass is 9.77. The first-order valence-electron chi connectivity index (χ1n) is 21.4. The van der Waals surface area contributed by atoms with E-state index in [1.54, 1.807) is 6.07 Å². The maximum absolute atomic E-state index is 13.6. The molecule has 302 valence electrons. The molecule has 10 nitrogen and oxygen atoms in total. The fourth-order valence-corrected chi connectivity index (χ4v) is 9.63. The normalized spacial score (nSPS) is 16.6. The van der Waals surface area contributed by atoms with Crippen molar-refractivity contribution in [1.29, 1.82) is 0 Å². The van der Waals surface area contributed by atoms with Gasteiger partial charge in [-0.3, -0.25) is 9.59 Å². The van der Waals surface area contributed by atoms with Crippen molar-refractivity contribution in [3.05, 3.63) is 180 Å². The molecule has 0 spiro atoms. The van der Waals surface area contributed by atoms with E-state index >= 15 is 0 Å². The molecule has 5 aromatic carbocycles. The molecule has 3 aromatic heterocycles. The van der Waals surface area contributed by atoms with Crippen LogP contribution in [0, 0.1) is 11.8 Å². The van der Waals surface area contributed by atoms with Crippen LogP contribution in [-0.4, -0.2) is 46.6 Å².